The minimum atomic E-state index is 0.424. The molecule has 6 heteroatoms. The quantitative estimate of drug-likeness (QED) is 0.647. The van der Waals surface area contributed by atoms with Crippen LogP contribution < -0.4 is 10.2 Å². The third-order valence-electron chi connectivity index (χ3n) is 5.01. The summed E-state index contributed by atoms with van der Waals surface area (Å²) in [5, 5.41) is 7.11. The van der Waals surface area contributed by atoms with Crippen molar-refractivity contribution in [3.63, 3.8) is 0 Å². The van der Waals surface area contributed by atoms with E-state index in [1.54, 1.807) is 0 Å². The second kappa shape index (κ2) is 9.03. The fourth-order valence-corrected chi connectivity index (χ4v) is 4.24. The summed E-state index contributed by atoms with van der Waals surface area (Å²) in [4.78, 5) is 13.6. The molecule has 1 N–H and O–H groups in total. The number of guanidine groups is 1. The summed E-state index contributed by atoms with van der Waals surface area (Å²) in [7, 11) is 1.88. The number of nitrogens with zero attached hydrogens (tertiary/aromatic N) is 4. The van der Waals surface area contributed by atoms with Crippen LogP contribution in [0.2, 0.25) is 0 Å². The zero-order valence-electron chi connectivity index (χ0n) is 15.9. The van der Waals surface area contributed by atoms with Gasteiger partial charge < -0.3 is 15.1 Å². The topological polar surface area (TPSA) is 43.8 Å². The zero-order chi connectivity index (χ0) is 18.4. The summed E-state index contributed by atoms with van der Waals surface area (Å²) in [6, 6.07) is 8.51. The van der Waals surface area contributed by atoms with E-state index in [-0.39, 0.29) is 0 Å². The number of anilines is 1. The van der Waals surface area contributed by atoms with Crippen molar-refractivity contribution in [2.45, 2.75) is 19.8 Å². The number of pyridine rings is 1. The van der Waals surface area contributed by atoms with Gasteiger partial charge in [-0.1, -0.05) is 19.9 Å². The fraction of sp³-hybridized carbons (Fsp3) is 0.500. The molecule has 0 aromatic carbocycles. The molecule has 140 valence electrons. The molecule has 0 saturated carbocycles. The number of aliphatic imine (C=N–C) groups is 1. The molecule has 1 aliphatic rings. The standard InChI is InChI=1S/C20H29N5S/c1-16(2)18(17-6-4-8-22-14-17)15-23-20(21-3)25-11-9-24(10-12-25)19-7-5-13-26-19/h4-8,13-14,16,18H,9-12,15H2,1-3H3,(H,21,23). The molecule has 2 aromatic rings. The highest BCUT2D eigenvalue weighted by Gasteiger charge is 2.22. The van der Waals surface area contributed by atoms with E-state index >= 15 is 0 Å². The van der Waals surface area contributed by atoms with Crippen LogP contribution >= 0.6 is 11.3 Å². The smallest absolute Gasteiger partial charge is 0.193 e. The average molecular weight is 372 g/mol. The largest absolute Gasteiger partial charge is 0.360 e. The van der Waals surface area contributed by atoms with Gasteiger partial charge >= 0.3 is 0 Å². The maximum absolute atomic E-state index is 4.52. The van der Waals surface area contributed by atoms with Crippen LogP contribution in [0.4, 0.5) is 5.00 Å². The van der Waals surface area contributed by atoms with Crippen molar-refractivity contribution >= 4 is 22.3 Å². The van der Waals surface area contributed by atoms with Gasteiger partial charge in [-0.05, 0) is 35.1 Å². The molecule has 26 heavy (non-hydrogen) atoms. The minimum absolute atomic E-state index is 0.424. The summed E-state index contributed by atoms with van der Waals surface area (Å²) in [6.45, 7) is 9.48. The normalized spacial score (nSPS) is 16.8. The molecule has 0 amide bonds. The van der Waals surface area contributed by atoms with E-state index in [0.29, 0.717) is 11.8 Å². The van der Waals surface area contributed by atoms with E-state index in [2.05, 4.69) is 62.5 Å². The van der Waals surface area contributed by atoms with Gasteiger partial charge in [-0.25, -0.2) is 0 Å². The molecule has 0 radical (unpaired) electrons. The lowest BCUT2D eigenvalue weighted by Gasteiger charge is -2.37. The first-order valence-corrected chi connectivity index (χ1v) is 10.2. The molecule has 3 heterocycles. The van der Waals surface area contributed by atoms with E-state index < -0.39 is 0 Å². The lowest BCUT2D eigenvalue weighted by Crippen LogP contribution is -2.53. The Kier molecular flexibility index (Phi) is 6.50. The third kappa shape index (κ3) is 4.55. The molecule has 0 spiro atoms. The summed E-state index contributed by atoms with van der Waals surface area (Å²) >= 11 is 1.82. The molecule has 2 aromatic heterocycles. The first-order valence-electron chi connectivity index (χ1n) is 9.33. The highest BCUT2D eigenvalue weighted by Crippen LogP contribution is 2.24. The second-order valence-corrected chi connectivity index (χ2v) is 7.92. The van der Waals surface area contributed by atoms with Crippen molar-refractivity contribution in [1.29, 1.82) is 0 Å². The molecule has 0 bridgehead atoms. The lowest BCUT2D eigenvalue weighted by molar-refractivity contribution is 0.368. The first-order chi connectivity index (χ1) is 12.7. The van der Waals surface area contributed by atoms with Crippen LogP contribution in [-0.2, 0) is 0 Å². The SMILES string of the molecule is CN=C(NCC(c1cccnc1)C(C)C)N1CCN(c2cccs2)CC1. The minimum Gasteiger partial charge on any atom is -0.360 e. The van der Waals surface area contributed by atoms with Crippen LogP contribution in [0.5, 0.6) is 0 Å². The summed E-state index contributed by atoms with van der Waals surface area (Å²) in [5.41, 5.74) is 1.29. The van der Waals surface area contributed by atoms with Crippen LogP contribution in [0.25, 0.3) is 0 Å². The Morgan fingerprint density at radius 2 is 2.04 bits per heavy atom. The van der Waals surface area contributed by atoms with Crippen LogP contribution in [-0.4, -0.2) is 55.6 Å². The highest BCUT2D eigenvalue weighted by atomic mass is 32.1. The summed E-state index contributed by atoms with van der Waals surface area (Å²) in [6.07, 6.45) is 3.81. The Labute approximate surface area is 160 Å². The molecule has 1 aliphatic heterocycles. The van der Waals surface area contributed by atoms with Gasteiger partial charge in [-0.2, -0.15) is 0 Å². The number of hydrogen-bond donors (Lipinski definition) is 1. The van der Waals surface area contributed by atoms with Crippen molar-refractivity contribution in [2.75, 3.05) is 44.7 Å². The van der Waals surface area contributed by atoms with Gasteiger partial charge in [0.05, 0.1) is 5.00 Å². The van der Waals surface area contributed by atoms with Gasteiger partial charge in [0.1, 0.15) is 0 Å². The molecule has 1 fully saturated rings. The molecular formula is C20H29N5S. The van der Waals surface area contributed by atoms with Crippen molar-refractivity contribution in [2.24, 2.45) is 10.9 Å². The van der Waals surface area contributed by atoms with E-state index in [9.17, 15) is 0 Å². The van der Waals surface area contributed by atoms with Gasteiger partial charge in [0, 0.05) is 58.1 Å². The molecule has 1 atom stereocenters. The Balaban J connectivity index is 1.56. The highest BCUT2D eigenvalue weighted by molar-refractivity contribution is 7.14. The molecular weight excluding hydrogens is 342 g/mol. The summed E-state index contributed by atoms with van der Waals surface area (Å²) in [5.74, 6) is 1.97. The number of nitrogens with one attached hydrogen (secondary N) is 1. The van der Waals surface area contributed by atoms with E-state index in [0.717, 1.165) is 38.7 Å². The second-order valence-electron chi connectivity index (χ2n) is 6.99. The monoisotopic (exact) mass is 371 g/mol. The van der Waals surface area contributed by atoms with E-state index in [1.807, 2.05) is 36.8 Å². The van der Waals surface area contributed by atoms with Gasteiger partial charge in [0.15, 0.2) is 5.96 Å². The maximum atomic E-state index is 4.52. The summed E-state index contributed by atoms with van der Waals surface area (Å²) < 4.78 is 0. The van der Waals surface area contributed by atoms with Crippen LogP contribution in [0, 0.1) is 5.92 Å². The lowest BCUT2D eigenvalue weighted by atomic mass is 9.89. The number of piperazine rings is 1. The van der Waals surface area contributed by atoms with Crippen LogP contribution in [0.1, 0.15) is 25.3 Å². The van der Waals surface area contributed by atoms with Gasteiger partial charge in [0.2, 0.25) is 0 Å². The third-order valence-corrected chi connectivity index (χ3v) is 5.94. The zero-order valence-corrected chi connectivity index (χ0v) is 16.7. The number of aromatic nitrogens is 1. The predicted octanol–water partition coefficient (Wildman–Crippen LogP) is 3.28. The van der Waals surface area contributed by atoms with Crippen molar-refractivity contribution in [1.82, 2.24) is 15.2 Å². The van der Waals surface area contributed by atoms with E-state index in [4.69, 9.17) is 0 Å². The number of thiophene rings is 1. The first kappa shape index (κ1) is 18.7. The molecule has 3 rings (SSSR count). The predicted molar refractivity (Wildman–Crippen MR) is 111 cm³/mol. The van der Waals surface area contributed by atoms with Gasteiger partial charge in [0.25, 0.3) is 0 Å². The Bertz CT molecular complexity index is 675. The fourth-order valence-electron chi connectivity index (χ4n) is 3.46. The van der Waals surface area contributed by atoms with Crippen molar-refractivity contribution < 1.29 is 0 Å². The Morgan fingerprint density at radius 1 is 1.23 bits per heavy atom. The van der Waals surface area contributed by atoms with Crippen molar-refractivity contribution in [3.8, 4) is 0 Å². The molecule has 1 unspecified atom stereocenters. The Hall–Kier alpha value is -2.08. The van der Waals surface area contributed by atoms with Crippen LogP contribution in [0.15, 0.2) is 47.0 Å². The van der Waals surface area contributed by atoms with Gasteiger partial charge in [-0.15, -0.1) is 11.3 Å². The molecule has 1 saturated heterocycles. The van der Waals surface area contributed by atoms with Gasteiger partial charge in [-0.3, -0.25) is 9.98 Å². The average Bonchev–Trinajstić information content (AvgIpc) is 3.21. The van der Waals surface area contributed by atoms with Crippen molar-refractivity contribution in [3.05, 3.63) is 47.6 Å². The number of hydrogen-bond acceptors (Lipinski definition) is 4. The van der Waals surface area contributed by atoms with E-state index in [1.165, 1.54) is 10.6 Å². The Morgan fingerprint density at radius 3 is 2.62 bits per heavy atom. The van der Waals surface area contributed by atoms with Crippen LogP contribution in [0.3, 0.4) is 0 Å². The maximum Gasteiger partial charge on any atom is 0.193 e. The number of rotatable bonds is 5. The molecule has 0 aliphatic carbocycles. The molecule has 5 nitrogen and oxygen atoms in total.